The van der Waals surface area contributed by atoms with Crippen LogP contribution in [0.5, 0.6) is 0 Å². The van der Waals surface area contributed by atoms with Gasteiger partial charge in [-0.15, -0.1) is 0 Å². The van der Waals surface area contributed by atoms with E-state index in [0.717, 1.165) is 24.8 Å². The molecular weight excluding hydrogens is 376 g/mol. The molecule has 2 nitrogen and oxygen atoms in total. The normalized spacial score (nSPS) is 10.9. The standard InChI is InChI=1S/C13H12Br2N2S/c1-8(2)13-16-11(15)7-12(17-13)18-10-5-3-4-9(14)6-10/h3-8H,1-2H3. The number of halogens is 2. The van der Waals surface area contributed by atoms with Gasteiger partial charge in [-0.2, -0.15) is 0 Å². The van der Waals surface area contributed by atoms with Crippen LogP contribution in [0.1, 0.15) is 25.6 Å². The summed E-state index contributed by atoms with van der Waals surface area (Å²) < 4.78 is 1.91. The van der Waals surface area contributed by atoms with E-state index in [-0.39, 0.29) is 0 Å². The lowest BCUT2D eigenvalue weighted by atomic mass is 10.2. The minimum absolute atomic E-state index is 0.323. The van der Waals surface area contributed by atoms with E-state index in [9.17, 15) is 0 Å². The Morgan fingerprint density at radius 3 is 2.56 bits per heavy atom. The fourth-order valence-electron chi connectivity index (χ4n) is 1.38. The molecule has 0 saturated heterocycles. The summed E-state index contributed by atoms with van der Waals surface area (Å²) in [5.74, 6) is 1.19. The Morgan fingerprint density at radius 2 is 1.89 bits per heavy atom. The summed E-state index contributed by atoms with van der Waals surface area (Å²) in [5, 5.41) is 0.957. The van der Waals surface area contributed by atoms with E-state index in [4.69, 9.17) is 0 Å². The maximum Gasteiger partial charge on any atom is 0.133 e. The predicted molar refractivity (Wildman–Crippen MR) is 82.1 cm³/mol. The second-order valence-corrected chi connectivity index (χ2v) is 6.92. The summed E-state index contributed by atoms with van der Waals surface area (Å²) in [5.41, 5.74) is 0. The molecule has 0 radical (unpaired) electrons. The van der Waals surface area contributed by atoms with Gasteiger partial charge in [-0.25, -0.2) is 9.97 Å². The average Bonchev–Trinajstić information content (AvgIpc) is 2.28. The van der Waals surface area contributed by atoms with E-state index < -0.39 is 0 Å². The van der Waals surface area contributed by atoms with Crippen LogP contribution >= 0.6 is 43.6 Å². The van der Waals surface area contributed by atoms with Crippen molar-refractivity contribution >= 4 is 43.6 Å². The molecule has 0 aliphatic carbocycles. The van der Waals surface area contributed by atoms with Crippen LogP contribution in [-0.4, -0.2) is 9.97 Å². The molecule has 5 heteroatoms. The molecule has 0 aliphatic heterocycles. The van der Waals surface area contributed by atoms with Gasteiger partial charge in [-0.05, 0) is 34.1 Å². The molecule has 0 atom stereocenters. The third kappa shape index (κ3) is 3.80. The molecule has 2 aromatic rings. The zero-order valence-corrected chi connectivity index (χ0v) is 14.0. The minimum Gasteiger partial charge on any atom is -0.226 e. The van der Waals surface area contributed by atoms with Gasteiger partial charge in [0.25, 0.3) is 0 Å². The molecule has 0 saturated carbocycles. The Kier molecular flexibility index (Phi) is 4.81. The Hall–Kier alpha value is -0.390. The van der Waals surface area contributed by atoms with Gasteiger partial charge in [0.1, 0.15) is 15.5 Å². The van der Waals surface area contributed by atoms with Gasteiger partial charge in [0.15, 0.2) is 0 Å². The zero-order chi connectivity index (χ0) is 13.1. The van der Waals surface area contributed by atoms with E-state index in [1.165, 1.54) is 0 Å². The van der Waals surface area contributed by atoms with Crippen molar-refractivity contribution in [1.82, 2.24) is 9.97 Å². The molecule has 0 spiro atoms. The Bertz CT molecular complexity index is 558. The van der Waals surface area contributed by atoms with Gasteiger partial charge in [0.2, 0.25) is 0 Å². The maximum atomic E-state index is 4.56. The molecule has 2 rings (SSSR count). The summed E-state index contributed by atoms with van der Waals surface area (Å²) in [6, 6.07) is 10.1. The number of hydrogen-bond donors (Lipinski definition) is 0. The molecule has 94 valence electrons. The van der Waals surface area contributed by atoms with Crippen molar-refractivity contribution in [3.63, 3.8) is 0 Å². The van der Waals surface area contributed by atoms with Gasteiger partial charge in [-0.3, -0.25) is 0 Å². The van der Waals surface area contributed by atoms with Gasteiger partial charge >= 0.3 is 0 Å². The summed E-state index contributed by atoms with van der Waals surface area (Å²) in [7, 11) is 0. The van der Waals surface area contributed by atoms with Crippen LogP contribution in [0.4, 0.5) is 0 Å². The van der Waals surface area contributed by atoms with E-state index >= 15 is 0 Å². The van der Waals surface area contributed by atoms with Crippen LogP contribution in [0.2, 0.25) is 0 Å². The highest BCUT2D eigenvalue weighted by Crippen LogP contribution is 2.30. The van der Waals surface area contributed by atoms with Crippen LogP contribution in [0.3, 0.4) is 0 Å². The van der Waals surface area contributed by atoms with Gasteiger partial charge in [-0.1, -0.05) is 47.6 Å². The quantitative estimate of drug-likeness (QED) is 0.670. The summed E-state index contributed by atoms with van der Waals surface area (Å²) in [6.45, 7) is 4.19. The number of hydrogen-bond acceptors (Lipinski definition) is 3. The van der Waals surface area contributed by atoms with Crippen LogP contribution in [0.25, 0.3) is 0 Å². The zero-order valence-electron chi connectivity index (χ0n) is 10.0. The molecule has 0 fully saturated rings. The SMILES string of the molecule is CC(C)c1nc(Br)cc(Sc2cccc(Br)c2)n1. The van der Waals surface area contributed by atoms with Crippen LogP contribution in [-0.2, 0) is 0 Å². The first-order chi connectivity index (χ1) is 8.54. The second-order valence-electron chi connectivity index (χ2n) is 4.10. The number of aromatic nitrogens is 2. The summed E-state index contributed by atoms with van der Waals surface area (Å²) >= 11 is 8.54. The van der Waals surface area contributed by atoms with Crippen molar-refractivity contribution in [3.05, 3.63) is 45.2 Å². The average molecular weight is 388 g/mol. The van der Waals surface area contributed by atoms with Crippen molar-refractivity contribution in [1.29, 1.82) is 0 Å². The summed E-state index contributed by atoms with van der Waals surface area (Å²) in [4.78, 5) is 10.1. The Morgan fingerprint density at radius 1 is 1.11 bits per heavy atom. The predicted octanol–water partition coefficient (Wildman–Crippen LogP) is 5.28. The Balaban J connectivity index is 2.29. The third-order valence-corrected chi connectivity index (χ3v) is 4.03. The Labute approximate surface area is 128 Å². The second kappa shape index (κ2) is 6.17. The highest BCUT2D eigenvalue weighted by molar-refractivity contribution is 9.10. The molecule has 18 heavy (non-hydrogen) atoms. The minimum atomic E-state index is 0.323. The number of rotatable bonds is 3. The first-order valence-electron chi connectivity index (χ1n) is 5.52. The fraction of sp³-hybridized carbons (Fsp3) is 0.231. The van der Waals surface area contributed by atoms with Gasteiger partial charge in [0, 0.05) is 21.4 Å². The van der Waals surface area contributed by atoms with Gasteiger partial charge in [0.05, 0.1) is 0 Å². The highest BCUT2D eigenvalue weighted by atomic mass is 79.9. The van der Waals surface area contributed by atoms with E-state index in [0.29, 0.717) is 5.92 Å². The lowest BCUT2D eigenvalue weighted by Gasteiger charge is -2.07. The molecule has 0 bridgehead atoms. The van der Waals surface area contributed by atoms with Crippen molar-refractivity contribution in [3.8, 4) is 0 Å². The topological polar surface area (TPSA) is 25.8 Å². The monoisotopic (exact) mass is 386 g/mol. The maximum absolute atomic E-state index is 4.56. The van der Waals surface area contributed by atoms with Gasteiger partial charge < -0.3 is 0 Å². The molecule has 1 aromatic heterocycles. The molecule has 1 aromatic carbocycles. The van der Waals surface area contributed by atoms with Crippen LogP contribution in [0, 0.1) is 0 Å². The number of benzene rings is 1. The van der Waals surface area contributed by atoms with E-state index in [1.54, 1.807) is 11.8 Å². The van der Waals surface area contributed by atoms with Crippen molar-refractivity contribution in [2.75, 3.05) is 0 Å². The largest absolute Gasteiger partial charge is 0.226 e. The third-order valence-electron chi connectivity index (χ3n) is 2.22. The van der Waals surface area contributed by atoms with E-state index in [1.807, 2.05) is 18.2 Å². The fourth-order valence-corrected chi connectivity index (χ4v) is 3.36. The van der Waals surface area contributed by atoms with Crippen LogP contribution in [0.15, 0.2) is 49.3 Å². The number of nitrogens with zero attached hydrogens (tertiary/aromatic N) is 2. The van der Waals surface area contributed by atoms with Crippen molar-refractivity contribution < 1.29 is 0 Å². The van der Waals surface area contributed by atoms with Crippen LogP contribution < -0.4 is 0 Å². The van der Waals surface area contributed by atoms with E-state index in [2.05, 4.69) is 67.8 Å². The van der Waals surface area contributed by atoms with Crippen molar-refractivity contribution in [2.45, 2.75) is 29.7 Å². The molecule has 1 heterocycles. The molecule has 0 amide bonds. The molecule has 0 aliphatic rings. The molecular formula is C13H12Br2N2S. The molecule has 0 N–H and O–H groups in total. The summed E-state index contributed by atoms with van der Waals surface area (Å²) in [6.07, 6.45) is 0. The smallest absolute Gasteiger partial charge is 0.133 e. The van der Waals surface area contributed by atoms with Crippen molar-refractivity contribution in [2.24, 2.45) is 0 Å². The highest BCUT2D eigenvalue weighted by Gasteiger charge is 2.08. The molecule has 0 unspecified atom stereocenters. The lowest BCUT2D eigenvalue weighted by molar-refractivity contribution is 0.748. The first kappa shape index (κ1) is 14.0. The lowest BCUT2D eigenvalue weighted by Crippen LogP contribution is -1.98. The first-order valence-corrected chi connectivity index (χ1v) is 7.93.